The van der Waals surface area contributed by atoms with Gasteiger partial charge in [0.2, 0.25) is 0 Å². The van der Waals surface area contributed by atoms with Crippen LogP contribution in [-0.2, 0) is 0 Å². The van der Waals surface area contributed by atoms with Gasteiger partial charge in [0.1, 0.15) is 0 Å². The van der Waals surface area contributed by atoms with Gasteiger partial charge in [0, 0.05) is 65.4 Å². The molecule has 0 saturated heterocycles. The predicted octanol–water partition coefficient (Wildman–Crippen LogP) is -4.13. The monoisotopic (exact) mass is 323 g/mol. The standard InChI is InChI=1S/C6H18N4.C4H13N3.C3H10N2/c7-1-3-9-5-6-10-4-2-8;5-1-3-7-4-2-6;4-2-1-3-5/h9-10H,1-8H2;7H,1-6H2;1-5H2. The van der Waals surface area contributed by atoms with Crippen LogP contribution in [-0.4, -0.2) is 78.5 Å². The highest BCUT2D eigenvalue weighted by molar-refractivity contribution is 4.51. The van der Waals surface area contributed by atoms with E-state index < -0.39 is 0 Å². The SMILES string of the molecule is NCCCN.NCCNCCN.NCCNCCNCCN. The van der Waals surface area contributed by atoms with Gasteiger partial charge in [-0.1, -0.05) is 0 Å². The van der Waals surface area contributed by atoms with E-state index in [1.807, 2.05) is 0 Å². The Morgan fingerprint density at radius 3 is 0.818 bits per heavy atom. The lowest BCUT2D eigenvalue weighted by Crippen LogP contribution is -2.32. The molecule has 0 aliphatic rings. The Labute approximate surface area is 136 Å². The Morgan fingerprint density at radius 2 is 0.636 bits per heavy atom. The van der Waals surface area contributed by atoms with Crippen LogP contribution in [0.1, 0.15) is 6.42 Å². The fraction of sp³-hybridized carbons (Fsp3) is 1.00. The Bertz CT molecular complexity index is 135. The second-order valence-corrected chi connectivity index (χ2v) is 4.34. The van der Waals surface area contributed by atoms with E-state index in [-0.39, 0.29) is 0 Å². The van der Waals surface area contributed by atoms with Crippen molar-refractivity contribution in [3.05, 3.63) is 0 Å². The van der Waals surface area contributed by atoms with Crippen molar-refractivity contribution in [3.63, 3.8) is 0 Å². The Kier molecular flexibility index (Phi) is 39.3. The lowest BCUT2D eigenvalue weighted by molar-refractivity contribution is 0.618. The summed E-state index contributed by atoms with van der Waals surface area (Å²) in [6.45, 7) is 9.71. The first kappa shape index (κ1) is 26.5. The van der Waals surface area contributed by atoms with Crippen LogP contribution in [0.25, 0.3) is 0 Å². The Morgan fingerprint density at radius 1 is 0.364 bits per heavy atom. The first-order valence-electron chi connectivity index (χ1n) is 8.07. The van der Waals surface area contributed by atoms with Gasteiger partial charge in [0.05, 0.1) is 0 Å². The highest BCUT2D eigenvalue weighted by Crippen LogP contribution is 1.58. The summed E-state index contributed by atoms with van der Waals surface area (Å²) in [5, 5.41) is 9.37. The fourth-order valence-corrected chi connectivity index (χ4v) is 1.08. The zero-order valence-electron chi connectivity index (χ0n) is 14.2. The Hall–Kier alpha value is -0.360. The largest absolute Gasteiger partial charge is 0.330 e. The molecule has 0 aromatic rings. The summed E-state index contributed by atoms with van der Waals surface area (Å²) in [7, 11) is 0. The van der Waals surface area contributed by atoms with Crippen LogP contribution in [0, 0.1) is 0 Å². The van der Waals surface area contributed by atoms with Crippen molar-refractivity contribution in [1.82, 2.24) is 16.0 Å². The molecule has 0 aliphatic heterocycles. The van der Waals surface area contributed by atoms with E-state index in [4.69, 9.17) is 34.4 Å². The molecule has 9 heteroatoms. The van der Waals surface area contributed by atoms with Gasteiger partial charge in [-0.15, -0.1) is 0 Å². The summed E-state index contributed by atoms with van der Waals surface area (Å²) in [6.07, 6.45) is 0.944. The van der Waals surface area contributed by atoms with Crippen molar-refractivity contribution in [3.8, 4) is 0 Å². The molecule has 0 spiro atoms. The molecule has 0 aromatic heterocycles. The normalized spacial score (nSPS) is 9.55. The van der Waals surface area contributed by atoms with E-state index in [1.54, 1.807) is 0 Å². The summed E-state index contributed by atoms with van der Waals surface area (Å²) in [6, 6.07) is 0. The zero-order valence-corrected chi connectivity index (χ0v) is 14.2. The van der Waals surface area contributed by atoms with Crippen LogP contribution in [0.2, 0.25) is 0 Å². The maximum absolute atomic E-state index is 5.27. The lowest BCUT2D eigenvalue weighted by Gasteiger charge is -2.03. The van der Waals surface area contributed by atoms with E-state index in [1.165, 1.54) is 0 Å². The second-order valence-electron chi connectivity index (χ2n) is 4.34. The van der Waals surface area contributed by atoms with E-state index in [9.17, 15) is 0 Å². The van der Waals surface area contributed by atoms with Crippen molar-refractivity contribution in [1.29, 1.82) is 0 Å². The van der Waals surface area contributed by atoms with Crippen molar-refractivity contribution >= 4 is 0 Å². The maximum Gasteiger partial charge on any atom is 0.00772 e. The van der Waals surface area contributed by atoms with Crippen LogP contribution >= 0.6 is 0 Å². The van der Waals surface area contributed by atoms with Crippen molar-refractivity contribution in [2.45, 2.75) is 6.42 Å². The number of rotatable bonds is 13. The summed E-state index contributed by atoms with van der Waals surface area (Å²) in [5.74, 6) is 0. The van der Waals surface area contributed by atoms with Crippen molar-refractivity contribution < 1.29 is 0 Å². The molecular formula is C13H41N9. The maximum atomic E-state index is 5.27. The lowest BCUT2D eigenvalue weighted by atomic mass is 10.4. The highest BCUT2D eigenvalue weighted by atomic mass is 14.9. The molecular weight excluding hydrogens is 282 g/mol. The Balaban J connectivity index is -0.000000263. The average Bonchev–Trinajstić information content (AvgIpc) is 2.53. The molecule has 0 rings (SSSR count). The molecule has 138 valence electrons. The molecule has 15 N–H and O–H groups in total. The molecule has 0 amide bonds. The van der Waals surface area contributed by atoms with E-state index >= 15 is 0 Å². The van der Waals surface area contributed by atoms with Crippen LogP contribution in [0.5, 0.6) is 0 Å². The van der Waals surface area contributed by atoms with E-state index in [2.05, 4.69) is 16.0 Å². The van der Waals surface area contributed by atoms with Gasteiger partial charge in [-0.05, 0) is 19.5 Å². The minimum Gasteiger partial charge on any atom is -0.330 e. The highest BCUT2D eigenvalue weighted by Gasteiger charge is 1.83. The van der Waals surface area contributed by atoms with Gasteiger partial charge in [0.15, 0.2) is 0 Å². The topological polar surface area (TPSA) is 192 Å². The smallest absolute Gasteiger partial charge is 0.00772 e. The van der Waals surface area contributed by atoms with Crippen molar-refractivity contribution in [2.75, 3.05) is 78.5 Å². The van der Waals surface area contributed by atoms with Gasteiger partial charge in [-0.2, -0.15) is 0 Å². The van der Waals surface area contributed by atoms with Gasteiger partial charge < -0.3 is 50.4 Å². The van der Waals surface area contributed by atoms with Crippen LogP contribution in [0.4, 0.5) is 0 Å². The molecule has 0 saturated carbocycles. The van der Waals surface area contributed by atoms with Gasteiger partial charge in [0.25, 0.3) is 0 Å². The third-order valence-electron chi connectivity index (χ3n) is 2.17. The van der Waals surface area contributed by atoms with Gasteiger partial charge >= 0.3 is 0 Å². The minimum absolute atomic E-state index is 0.694. The molecule has 22 heavy (non-hydrogen) atoms. The first-order valence-corrected chi connectivity index (χ1v) is 8.07. The first-order chi connectivity index (χ1) is 10.7. The summed E-state index contributed by atoms with van der Waals surface area (Å²) >= 11 is 0. The van der Waals surface area contributed by atoms with Crippen LogP contribution < -0.4 is 50.4 Å². The zero-order chi connectivity index (χ0) is 17.3. The molecule has 0 unspecified atom stereocenters. The van der Waals surface area contributed by atoms with Crippen LogP contribution in [0.15, 0.2) is 0 Å². The fourth-order valence-electron chi connectivity index (χ4n) is 1.08. The molecule has 0 atom stereocenters. The second kappa shape index (κ2) is 32.5. The van der Waals surface area contributed by atoms with Gasteiger partial charge in [-0.25, -0.2) is 0 Å². The molecule has 0 aliphatic carbocycles. The summed E-state index contributed by atoms with van der Waals surface area (Å²) < 4.78 is 0. The molecule has 9 nitrogen and oxygen atoms in total. The van der Waals surface area contributed by atoms with Crippen molar-refractivity contribution in [2.24, 2.45) is 34.4 Å². The van der Waals surface area contributed by atoms with Gasteiger partial charge in [-0.3, -0.25) is 0 Å². The molecule has 0 bridgehead atoms. The van der Waals surface area contributed by atoms with E-state index in [0.29, 0.717) is 26.2 Å². The molecule has 0 radical (unpaired) electrons. The van der Waals surface area contributed by atoms with E-state index in [0.717, 1.165) is 58.8 Å². The molecule has 0 fully saturated rings. The average molecular weight is 324 g/mol. The number of nitrogens with one attached hydrogen (secondary N) is 3. The molecule has 0 aromatic carbocycles. The molecule has 0 heterocycles. The third-order valence-corrected chi connectivity index (χ3v) is 2.17. The quantitative estimate of drug-likeness (QED) is 0.151. The predicted molar refractivity (Wildman–Crippen MR) is 97.6 cm³/mol. The number of nitrogens with two attached hydrogens (primary N) is 6. The summed E-state index contributed by atoms with van der Waals surface area (Å²) in [5.41, 5.74) is 31.0. The number of hydrogen-bond acceptors (Lipinski definition) is 9. The minimum atomic E-state index is 0.694. The third kappa shape index (κ3) is 42.7. The number of hydrogen-bond donors (Lipinski definition) is 9. The summed E-state index contributed by atoms with van der Waals surface area (Å²) in [4.78, 5) is 0. The van der Waals surface area contributed by atoms with Crippen LogP contribution in [0.3, 0.4) is 0 Å².